The molecule has 1 aliphatic heterocycles. The number of aromatic nitrogens is 1. The zero-order valence-corrected chi connectivity index (χ0v) is 15.4. The van der Waals surface area contributed by atoms with E-state index in [2.05, 4.69) is 10.3 Å². The molecule has 3 aromatic rings. The molecule has 0 aliphatic carbocycles. The number of hydrogen-bond acceptors (Lipinski definition) is 5. The summed E-state index contributed by atoms with van der Waals surface area (Å²) in [6, 6.07) is 13.1. The summed E-state index contributed by atoms with van der Waals surface area (Å²) in [4.78, 5) is 16.9. The molecule has 1 unspecified atom stereocenters. The number of halogens is 1. The van der Waals surface area contributed by atoms with E-state index in [0.29, 0.717) is 22.3 Å². The van der Waals surface area contributed by atoms with E-state index < -0.39 is 6.10 Å². The first-order valence-corrected chi connectivity index (χ1v) is 9.24. The van der Waals surface area contributed by atoms with Crippen LogP contribution in [-0.4, -0.2) is 24.1 Å². The number of carbonyl (C=O) groups is 1. The Labute approximate surface area is 159 Å². The minimum Gasteiger partial charge on any atom is -0.495 e. The van der Waals surface area contributed by atoms with E-state index in [9.17, 15) is 4.79 Å². The monoisotopic (exact) mass is 386 g/mol. The van der Waals surface area contributed by atoms with Crippen molar-refractivity contribution in [2.45, 2.75) is 12.5 Å². The lowest BCUT2D eigenvalue weighted by Gasteiger charge is -2.09. The molecule has 1 N–H and O–H groups in total. The molecule has 1 aliphatic rings. The Morgan fingerprint density at radius 2 is 2.19 bits per heavy atom. The third-order valence-corrected chi connectivity index (χ3v) is 5.17. The summed E-state index contributed by atoms with van der Waals surface area (Å²) in [5.41, 5.74) is 2.64. The highest BCUT2D eigenvalue weighted by atomic mass is 35.5. The molecule has 1 atom stereocenters. The molecule has 0 bridgehead atoms. The van der Waals surface area contributed by atoms with Crippen LogP contribution >= 0.6 is 22.9 Å². The lowest BCUT2D eigenvalue weighted by Crippen LogP contribution is -2.31. The Morgan fingerprint density at radius 3 is 2.96 bits per heavy atom. The van der Waals surface area contributed by atoms with E-state index >= 15 is 0 Å². The zero-order chi connectivity index (χ0) is 18.1. The molecule has 1 amide bonds. The number of nitrogens with one attached hydrogen (secondary N) is 1. The fraction of sp³-hybridized carbons (Fsp3) is 0.158. The molecule has 2 heterocycles. The van der Waals surface area contributed by atoms with E-state index in [1.54, 1.807) is 19.2 Å². The molecule has 132 valence electrons. The van der Waals surface area contributed by atoms with Crippen molar-refractivity contribution in [3.05, 3.63) is 58.4 Å². The minimum absolute atomic E-state index is 0.199. The van der Waals surface area contributed by atoms with Crippen molar-refractivity contribution in [1.82, 2.24) is 4.98 Å². The Bertz CT molecular complexity index is 948. The highest BCUT2D eigenvalue weighted by molar-refractivity contribution is 7.14. The van der Waals surface area contributed by atoms with Crippen LogP contribution < -0.4 is 14.8 Å². The summed E-state index contributed by atoms with van der Waals surface area (Å²) in [7, 11) is 1.57. The first-order valence-electron chi connectivity index (χ1n) is 7.99. The number of para-hydroxylation sites is 1. The van der Waals surface area contributed by atoms with Gasteiger partial charge in [0.05, 0.1) is 17.8 Å². The van der Waals surface area contributed by atoms with E-state index in [-0.39, 0.29) is 5.91 Å². The quantitative estimate of drug-likeness (QED) is 0.721. The van der Waals surface area contributed by atoms with E-state index in [1.807, 2.05) is 35.7 Å². The van der Waals surface area contributed by atoms with Crippen LogP contribution in [0.1, 0.15) is 5.56 Å². The lowest BCUT2D eigenvalue weighted by atomic mass is 10.1. The van der Waals surface area contributed by atoms with Crippen LogP contribution in [0.4, 0.5) is 5.13 Å². The van der Waals surface area contributed by atoms with E-state index in [1.165, 1.54) is 11.3 Å². The van der Waals surface area contributed by atoms with Crippen molar-refractivity contribution in [1.29, 1.82) is 0 Å². The molecule has 0 saturated heterocycles. The van der Waals surface area contributed by atoms with Gasteiger partial charge >= 0.3 is 0 Å². The average Bonchev–Trinajstić information content (AvgIpc) is 3.28. The van der Waals surface area contributed by atoms with Gasteiger partial charge in [-0.2, -0.15) is 0 Å². The molecular formula is C19H15ClN2O3S. The Kier molecular flexibility index (Phi) is 4.53. The Balaban J connectivity index is 1.46. The fourth-order valence-electron chi connectivity index (χ4n) is 2.80. The number of carbonyl (C=O) groups excluding carboxylic acids is 1. The van der Waals surface area contributed by atoms with Crippen LogP contribution in [0.15, 0.2) is 47.8 Å². The predicted molar refractivity (Wildman–Crippen MR) is 102 cm³/mol. The largest absolute Gasteiger partial charge is 0.495 e. The minimum atomic E-state index is -0.532. The van der Waals surface area contributed by atoms with Crippen molar-refractivity contribution in [2.75, 3.05) is 12.4 Å². The number of hydrogen-bond donors (Lipinski definition) is 1. The van der Waals surface area contributed by atoms with Crippen molar-refractivity contribution in [3.63, 3.8) is 0 Å². The molecule has 0 saturated carbocycles. The molecule has 1 aromatic heterocycles. The molecule has 4 rings (SSSR count). The highest BCUT2D eigenvalue weighted by Crippen LogP contribution is 2.32. The number of methoxy groups -OCH3 is 1. The molecule has 7 heteroatoms. The van der Waals surface area contributed by atoms with Gasteiger partial charge in [0.15, 0.2) is 11.2 Å². The second-order valence-corrected chi connectivity index (χ2v) is 7.06. The SMILES string of the molecule is COc1ccc(-c2csc(NC(=O)C3Cc4ccccc4O3)n2)cc1Cl. The van der Waals surface area contributed by atoms with Crippen LogP contribution in [-0.2, 0) is 11.2 Å². The van der Waals surface area contributed by atoms with Gasteiger partial charge < -0.3 is 9.47 Å². The predicted octanol–water partition coefficient (Wildman–Crippen LogP) is 4.41. The summed E-state index contributed by atoms with van der Waals surface area (Å²) in [6.07, 6.45) is 0.0316. The number of benzene rings is 2. The van der Waals surface area contributed by atoms with Gasteiger partial charge in [0.25, 0.3) is 5.91 Å². The second kappa shape index (κ2) is 6.97. The summed E-state index contributed by atoms with van der Waals surface area (Å²) < 4.78 is 10.9. The highest BCUT2D eigenvalue weighted by Gasteiger charge is 2.29. The van der Waals surface area contributed by atoms with Crippen LogP contribution in [0.2, 0.25) is 5.02 Å². The number of rotatable bonds is 4. The maximum absolute atomic E-state index is 12.5. The Hall–Kier alpha value is -2.57. The normalized spacial score (nSPS) is 15.2. The average molecular weight is 387 g/mol. The van der Waals surface area contributed by atoms with Gasteiger partial charge in [-0.25, -0.2) is 4.98 Å². The summed E-state index contributed by atoms with van der Waals surface area (Å²) in [6.45, 7) is 0. The summed E-state index contributed by atoms with van der Waals surface area (Å²) >= 11 is 7.52. The second-order valence-electron chi connectivity index (χ2n) is 5.79. The fourth-order valence-corrected chi connectivity index (χ4v) is 3.78. The topological polar surface area (TPSA) is 60.5 Å². The van der Waals surface area contributed by atoms with Gasteiger partial charge in [0, 0.05) is 17.4 Å². The zero-order valence-electron chi connectivity index (χ0n) is 13.9. The van der Waals surface area contributed by atoms with Crippen molar-refractivity contribution < 1.29 is 14.3 Å². The maximum Gasteiger partial charge on any atom is 0.267 e. The first kappa shape index (κ1) is 16.9. The molecule has 0 spiro atoms. The summed E-state index contributed by atoms with van der Waals surface area (Å²) in [5, 5.41) is 5.74. The number of amides is 1. The van der Waals surface area contributed by atoms with Gasteiger partial charge in [-0.15, -0.1) is 11.3 Å². The van der Waals surface area contributed by atoms with Gasteiger partial charge in [0.1, 0.15) is 11.5 Å². The molecule has 0 radical (unpaired) electrons. The molecule has 5 nitrogen and oxygen atoms in total. The lowest BCUT2D eigenvalue weighted by molar-refractivity contribution is -0.122. The molecular weight excluding hydrogens is 372 g/mol. The van der Waals surface area contributed by atoms with E-state index in [0.717, 1.165) is 22.6 Å². The third-order valence-electron chi connectivity index (χ3n) is 4.12. The molecule has 2 aromatic carbocycles. The standard InChI is InChI=1S/C19H15ClN2O3S/c1-24-16-7-6-11(8-13(16)20)14-10-26-19(21-14)22-18(23)17-9-12-4-2-3-5-15(12)25-17/h2-8,10,17H,9H2,1H3,(H,21,22,23). The number of thiazole rings is 1. The van der Waals surface area contributed by atoms with Crippen molar-refractivity contribution in [2.24, 2.45) is 0 Å². The van der Waals surface area contributed by atoms with Gasteiger partial charge in [-0.05, 0) is 29.8 Å². The number of nitrogens with zero attached hydrogens (tertiary/aromatic N) is 1. The van der Waals surface area contributed by atoms with Crippen LogP contribution in [0.25, 0.3) is 11.3 Å². The maximum atomic E-state index is 12.5. The van der Waals surface area contributed by atoms with Crippen molar-refractivity contribution in [3.8, 4) is 22.8 Å². The van der Waals surface area contributed by atoms with Crippen LogP contribution in [0.3, 0.4) is 0 Å². The smallest absolute Gasteiger partial charge is 0.267 e. The van der Waals surface area contributed by atoms with Gasteiger partial charge in [-0.3, -0.25) is 10.1 Å². The number of ether oxygens (including phenoxy) is 2. The number of fused-ring (bicyclic) bond motifs is 1. The van der Waals surface area contributed by atoms with Crippen LogP contribution in [0, 0.1) is 0 Å². The number of anilines is 1. The molecule has 26 heavy (non-hydrogen) atoms. The van der Waals surface area contributed by atoms with E-state index in [4.69, 9.17) is 21.1 Å². The van der Waals surface area contributed by atoms with Crippen LogP contribution in [0.5, 0.6) is 11.5 Å². The van der Waals surface area contributed by atoms with Gasteiger partial charge in [0.2, 0.25) is 0 Å². The molecule has 0 fully saturated rings. The van der Waals surface area contributed by atoms with Crippen molar-refractivity contribution >= 4 is 34.0 Å². The third kappa shape index (κ3) is 3.25. The summed E-state index contributed by atoms with van der Waals surface area (Å²) in [5.74, 6) is 1.17. The first-order chi connectivity index (χ1) is 12.6. The van der Waals surface area contributed by atoms with Gasteiger partial charge in [-0.1, -0.05) is 29.8 Å². The Morgan fingerprint density at radius 1 is 1.35 bits per heavy atom.